The van der Waals surface area contributed by atoms with Gasteiger partial charge in [0.05, 0.1) is 0 Å². The number of ether oxygens (including phenoxy) is 3. The van der Waals surface area contributed by atoms with Gasteiger partial charge in [0.25, 0.3) is 0 Å². The summed E-state index contributed by atoms with van der Waals surface area (Å²) in [4.78, 5) is 37.7. The van der Waals surface area contributed by atoms with Crippen molar-refractivity contribution in [1.29, 1.82) is 0 Å². The number of hydrogen-bond donors (Lipinski definition) is 0. The van der Waals surface area contributed by atoms with Crippen molar-refractivity contribution in [3.63, 3.8) is 0 Å². The molecule has 6 nitrogen and oxygen atoms in total. The molecule has 67 heavy (non-hydrogen) atoms. The molecular formula is C61H96O6. The van der Waals surface area contributed by atoms with Crippen molar-refractivity contribution >= 4 is 17.9 Å². The quantitative estimate of drug-likeness (QED) is 0.0262. The van der Waals surface area contributed by atoms with E-state index >= 15 is 0 Å². The average molecular weight is 925 g/mol. The first kappa shape index (κ1) is 62.5. The van der Waals surface area contributed by atoms with Crippen LogP contribution in [-0.2, 0) is 28.6 Å². The summed E-state index contributed by atoms with van der Waals surface area (Å²) in [5.74, 6) is -1.03. The lowest BCUT2D eigenvalue weighted by Crippen LogP contribution is -2.30. The number of carbonyl (C=O) groups is 3. The molecule has 0 aliphatic heterocycles. The van der Waals surface area contributed by atoms with Crippen LogP contribution in [0.15, 0.2) is 134 Å². The largest absolute Gasteiger partial charge is 0.462 e. The van der Waals surface area contributed by atoms with Crippen LogP contribution in [0.5, 0.6) is 0 Å². The van der Waals surface area contributed by atoms with Gasteiger partial charge in [-0.25, -0.2) is 0 Å². The molecule has 1 unspecified atom stereocenters. The summed E-state index contributed by atoms with van der Waals surface area (Å²) >= 11 is 0. The van der Waals surface area contributed by atoms with Gasteiger partial charge in [0.15, 0.2) is 6.10 Å². The van der Waals surface area contributed by atoms with Crippen molar-refractivity contribution in [3.8, 4) is 0 Å². The van der Waals surface area contributed by atoms with E-state index in [0.717, 1.165) is 128 Å². The van der Waals surface area contributed by atoms with E-state index in [2.05, 4.69) is 142 Å². The van der Waals surface area contributed by atoms with Gasteiger partial charge in [-0.05, 0) is 103 Å². The van der Waals surface area contributed by atoms with E-state index in [1.54, 1.807) is 0 Å². The normalized spacial score (nSPS) is 13.2. The van der Waals surface area contributed by atoms with Gasteiger partial charge in [0, 0.05) is 19.3 Å². The van der Waals surface area contributed by atoms with Crippen molar-refractivity contribution in [2.75, 3.05) is 13.2 Å². The highest BCUT2D eigenvalue weighted by Gasteiger charge is 2.19. The number of hydrogen-bond acceptors (Lipinski definition) is 6. The summed E-state index contributed by atoms with van der Waals surface area (Å²) in [5, 5.41) is 0. The highest BCUT2D eigenvalue weighted by molar-refractivity contribution is 5.71. The molecular weight excluding hydrogens is 829 g/mol. The van der Waals surface area contributed by atoms with Gasteiger partial charge in [-0.2, -0.15) is 0 Å². The maximum absolute atomic E-state index is 12.7. The SMILES string of the molecule is CC/C=C\C/C=C\C/C=C\C/C=C\C/C=C\C/C=C\CCC(=O)OC(COC(=O)CCCCCCC)COC(=O)CCCCCCCCCCC/C=C\C/C=C\C/C=C\C/C=C\C/C=C\CC. The third kappa shape index (κ3) is 52.4. The van der Waals surface area contributed by atoms with Gasteiger partial charge in [-0.15, -0.1) is 0 Å². The molecule has 6 heteroatoms. The second kappa shape index (κ2) is 54.2. The Labute approximate surface area is 411 Å². The van der Waals surface area contributed by atoms with Crippen LogP contribution in [0.1, 0.15) is 213 Å². The first-order valence-electron chi connectivity index (χ1n) is 26.7. The lowest BCUT2D eigenvalue weighted by Gasteiger charge is -2.18. The topological polar surface area (TPSA) is 78.9 Å². The zero-order valence-corrected chi connectivity index (χ0v) is 42.9. The Balaban J connectivity index is 4.26. The van der Waals surface area contributed by atoms with E-state index in [-0.39, 0.29) is 31.6 Å². The summed E-state index contributed by atoms with van der Waals surface area (Å²) < 4.78 is 16.6. The van der Waals surface area contributed by atoms with E-state index < -0.39 is 12.1 Å². The molecule has 0 aliphatic carbocycles. The summed E-state index contributed by atoms with van der Waals surface area (Å²) in [6, 6.07) is 0. The van der Waals surface area contributed by atoms with E-state index in [1.165, 1.54) is 38.5 Å². The molecule has 1 atom stereocenters. The molecule has 0 N–H and O–H groups in total. The van der Waals surface area contributed by atoms with E-state index in [4.69, 9.17) is 14.2 Å². The third-order valence-electron chi connectivity index (χ3n) is 10.7. The van der Waals surface area contributed by atoms with Gasteiger partial charge in [-0.3, -0.25) is 14.4 Å². The van der Waals surface area contributed by atoms with Crippen LogP contribution in [0.25, 0.3) is 0 Å². The highest BCUT2D eigenvalue weighted by Crippen LogP contribution is 2.13. The Kier molecular flexibility index (Phi) is 50.6. The van der Waals surface area contributed by atoms with Gasteiger partial charge in [-0.1, -0.05) is 225 Å². The number of esters is 3. The Hall–Kier alpha value is -4.45. The number of allylic oxidation sites excluding steroid dienone is 22. The number of unbranched alkanes of at least 4 members (excludes halogenated alkanes) is 13. The number of carbonyl (C=O) groups excluding carboxylic acids is 3. The second-order valence-electron chi connectivity index (χ2n) is 17.0. The first-order chi connectivity index (χ1) is 33.0. The van der Waals surface area contributed by atoms with E-state index in [1.807, 2.05) is 12.2 Å². The van der Waals surface area contributed by atoms with Gasteiger partial charge in [0.1, 0.15) is 13.2 Å². The van der Waals surface area contributed by atoms with Crippen molar-refractivity contribution in [1.82, 2.24) is 0 Å². The maximum atomic E-state index is 12.7. The maximum Gasteiger partial charge on any atom is 0.306 e. The van der Waals surface area contributed by atoms with E-state index in [0.29, 0.717) is 19.3 Å². The second-order valence-corrected chi connectivity index (χ2v) is 17.0. The molecule has 0 heterocycles. The zero-order valence-electron chi connectivity index (χ0n) is 42.9. The smallest absolute Gasteiger partial charge is 0.306 e. The third-order valence-corrected chi connectivity index (χ3v) is 10.7. The molecule has 0 radical (unpaired) electrons. The van der Waals surface area contributed by atoms with Gasteiger partial charge in [0.2, 0.25) is 0 Å². The molecule has 0 aromatic carbocycles. The lowest BCUT2D eigenvalue weighted by atomic mass is 10.1. The van der Waals surface area contributed by atoms with E-state index in [9.17, 15) is 14.4 Å². The van der Waals surface area contributed by atoms with Crippen molar-refractivity contribution < 1.29 is 28.6 Å². The van der Waals surface area contributed by atoms with Crippen molar-refractivity contribution in [3.05, 3.63) is 134 Å². The van der Waals surface area contributed by atoms with Crippen LogP contribution in [0.2, 0.25) is 0 Å². The Bertz CT molecular complexity index is 1480. The van der Waals surface area contributed by atoms with Crippen LogP contribution >= 0.6 is 0 Å². The summed E-state index contributed by atoms with van der Waals surface area (Å²) in [6.07, 6.45) is 76.3. The molecule has 0 fully saturated rings. The van der Waals surface area contributed by atoms with Gasteiger partial charge < -0.3 is 14.2 Å². The minimum Gasteiger partial charge on any atom is -0.462 e. The van der Waals surface area contributed by atoms with Crippen LogP contribution in [0.4, 0.5) is 0 Å². The Morgan fingerprint density at radius 1 is 0.313 bits per heavy atom. The lowest BCUT2D eigenvalue weighted by molar-refractivity contribution is -0.166. The fourth-order valence-electron chi connectivity index (χ4n) is 6.73. The minimum absolute atomic E-state index is 0.115. The average Bonchev–Trinajstić information content (AvgIpc) is 3.33. The zero-order chi connectivity index (χ0) is 48.6. The molecule has 0 aromatic rings. The standard InChI is InChI=1S/C61H96O6/c1-4-7-10-13-15-17-19-21-23-25-27-28-29-30-31-32-34-35-37-39-41-43-45-48-51-54-60(63)66-57-58(56-65-59(62)53-50-47-12-9-6-3)67-61(64)55-52-49-46-44-42-40-38-36-33-26-24-22-20-18-16-14-11-8-5-2/h7-8,10-11,15-18,21-24,27-28,30-31,33,36,40,42,46,49,58H,4-6,9,12-14,19-20,25-26,29,32,34-35,37-39,41,43-45,47-48,50-57H2,1-3H3/b10-7-,11-8-,17-15-,18-16-,23-21-,24-22-,28-27-,31-30-,36-33-,42-40-,49-46-. The first-order valence-corrected chi connectivity index (χ1v) is 26.7. The van der Waals surface area contributed by atoms with Crippen LogP contribution in [0.3, 0.4) is 0 Å². The van der Waals surface area contributed by atoms with Crippen LogP contribution < -0.4 is 0 Å². The fourth-order valence-corrected chi connectivity index (χ4v) is 6.73. The highest BCUT2D eigenvalue weighted by atomic mass is 16.6. The Morgan fingerprint density at radius 3 is 0.970 bits per heavy atom. The molecule has 376 valence electrons. The van der Waals surface area contributed by atoms with Crippen molar-refractivity contribution in [2.45, 2.75) is 219 Å². The van der Waals surface area contributed by atoms with Crippen LogP contribution in [0, 0.1) is 0 Å². The molecule has 0 aromatic heterocycles. The molecule has 0 rings (SSSR count). The van der Waals surface area contributed by atoms with Crippen molar-refractivity contribution in [2.24, 2.45) is 0 Å². The fraction of sp³-hybridized carbons (Fsp3) is 0.590. The molecule has 0 spiro atoms. The molecule has 0 aliphatic rings. The molecule has 0 bridgehead atoms. The molecule has 0 saturated heterocycles. The summed E-state index contributed by atoms with van der Waals surface area (Å²) in [5.41, 5.74) is 0. The summed E-state index contributed by atoms with van der Waals surface area (Å²) in [7, 11) is 0. The van der Waals surface area contributed by atoms with Crippen LogP contribution in [-0.4, -0.2) is 37.2 Å². The number of rotatable bonds is 46. The monoisotopic (exact) mass is 925 g/mol. The predicted octanol–water partition coefficient (Wildman–Crippen LogP) is 17.9. The van der Waals surface area contributed by atoms with Gasteiger partial charge >= 0.3 is 17.9 Å². The molecule has 0 amide bonds. The molecule has 0 saturated carbocycles. The Morgan fingerprint density at radius 2 is 0.612 bits per heavy atom. The predicted molar refractivity (Wildman–Crippen MR) is 288 cm³/mol. The summed E-state index contributed by atoms with van der Waals surface area (Å²) in [6.45, 7) is 6.24. The minimum atomic E-state index is -0.821.